The molecule has 1 fully saturated rings. The molecule has 1 saturated carbocycles. The maximum Gasteiger partial charge on any atom is 0.319 e. The van der Waals surface area contributed by atoms with Crippen molar-refractivity contribution in [3.63, 3.8) is 0 Å². The van der Waals surface area contributed by atoms with Crippen molar-refractivity contribution in [1.82, 2.24) is 10.3 Å². The summed E-state index contributed by atoms with van der Waals surface area (Å²) in [6, 6.07) is 5.17. The Bertz CT molecular complexity index is 764. The lowest BCUT2D eigenvalue weighted by Crippen LogP contribution is -2.36. The maximum atomic E-state index is 12.1. The highest BCUT2D eigenvalue weighted by molar-refractivity contribution is 5.91. The third-order valence-corrected chi connectivity index (χ3v) is 4.31. The minimum absolute atomic E-state index is 0.0376. The lowest BCUT2D eigenvalue weighted by Gasteiger charge is -2.13. The number of aliphatic hydroxyl groups excluding tert-OH is 1. The second-order valence-corrected chi connectivity index (χ2v) is 6.28. The molecule has 2 aromatic rings. The molecule has 2 atom stereocenters. The van der Waals surface area contributed by atoms with Crippen LogP contribution in [0.4, 0.5) is 10.5 Å². The van der Waals surface area contributed by atoms with Crippen LogP contribution in [0.1, 0.15) is 31.1 Å². The van der Waals surface area contributed by atoms with Gasteiger partial charge in [0.25, 0.3) is 0 Å². The van der Waals surface area contributed by atoms with Crippen molar-refractivity contribution >= 4 is 22.8 Å². The third-order valence-electron chi connectivity index (χ3n) is 4.31. The number of nitrogens with zero attached hydrogens (tertiary/aromatic N) is 1. The third kappa shape index (κ3) is 3.07. The van der Waals surface area contributed by atoms with Crippen LogP contribution < -0.4 is 10.6 Å². The Morgan fingerprint density at radius 3 is 2.96 bits per heavy atom. The Morgan fingerprint density at radius 2 is 2.22 bits per heavy atom. The Labute approximate surface area is 133 Å². The van der Waals surface area contributed by atoms with E-state index in [2.05, 4.69) is 15.6 Å². The fraction of sp³-hybridized carbons (Fsp3) is 0.412. The van der Waals surface area contributed by atoms with Gasteiger partial charge in [0.2, 0.25) is 0 Å². The molecule has 23 heavy (non-hydrogen) atoms. The van der Waals surface area contributed by atoms with E-state index in [0.29, 0.717) is 11.6 Å². The van der Waals surface area contributed by atoms with E-state index in [1.807, 2.05) is 30.4 Å². The number of aliphatic hydroxyl groups is 1. The van der Waals surface area contributed by atoms with E-state index in [1.54, 1.807) is 0 Å². The van der Waals surface area contributed by atoms with Crippen LogP contribution >= 0.6 is 0 Å². The van der Waals surface area contributed by atoms with E-state index in [4.69, 9.17) is 9.52 Å². The molecule has 0 unspecified atom stereocenters. The molecule has 2 aliphatic carbocycles. The van der Waals surface area contributed by atoms with Gasteiger partial charge in [0.15, 0.2) is 11.5 Å². The van der Waals surface area contributed by atoms with Crippen molar-refractivity contribution in [2.75, 3.05) is 11.9 Å². The molecule has 1 aromatic carbocycles. The molecule has 6 heteroatoms. The first-order valence-corrected chi connectivity index (χ1v) is 7.98. The highest BCUT2D eigenvalue weighted by Crippen LogP contribution is 2.40. The van der Waals surface area contributed by atoms with Crippen LogP contribution in [0.5, 0.6) is 0 Å². The van der Waals surface area contributed by atoms with Crippen LogP contribution in [0.15, 0.2) is 34.8 Å². The van der Waals surface area contributed by atoms with Gasteiger partial charge in [-0.15, -0.1) is 0 Å². The van der Waals surface area contributed by atoms with E-state index < -0.39 is 0 Å². The number of urea groups is 1. The number of oxazole rings is 1. The first-order valence-electron chi connectivity index (χ1n) is 7.98. The molecule has 0 saturated heterocycles. The zero-order valence-corrected chi connectivity index (χ0v) is 12.7. The predicted molar refractivity (Wildman–Crippen MR) is 86.3 cm³/mol. The quantitative estimate of drug-likeness (QED) is 0.757. The van der Waals surface area contributed by atoms with Crippen LogP contribution in [-0.4, -0.2) is 28.8 Å². The minimum Gasteiger partial charge on any atom is -0.440 e. The minimum atomic E-state index is -0.261. The van der Waals surface area contributed by atoms with Crippen LogP contribution in [-0.2, 0) is 0 Å². The Morgan fingerprint density at radius 1 is 1.35 bits per heavy atom. The second-order valence-electron chi connectivity index (χ2n) is 6.28. The van der Waals surface area contributed by atoms with Gasteiger partial charge in [-0.1, -0.05) is 12.2 Å². The number of fused-ring (bicyclic) bond motifs is 1. The van der Waals surface area contributed by atoms with Gasteiger partial charge in [0.05, 0.1) is 0 Å². The molecular formula is C17H19N3O3. The molecule has 6 nitrogen and oxygen atoms in total. The first-order chi connectivity index (χ1) is 11.2. The average Bonchev–Trinajstić information content (AvgIpc) is 3.15. The number of nitrogens with one attached hydrogen (secondary N) is 2. The van der Waals surface area contributed by atoms with E-state index in [1.165, 1.54) is 0 Å². The van der Waals surface area contributed by atoms with Gasteiger partial charge < -0.3 is 20.2 Å². The topological polar surface area (TPSA) is 87.4 Å². The second kappa shape index (κ2) is 5.70. The van der Waals surface area contributed by atoms with Crippen molar-refractivity contribution in [2.24, 2.45) is 5.92 Å². The molecule has 1 heterocycles. The summed E-state index contributed by atoms with van der Waals surface area (Å²) in [7, 11) is 0. The number of carbonyl (C=O) groups is 1. The number of hydrogen-bond donors (Lipinski definition) is 3. The van der Waals surface area contributed by atoms with Crippen LogP contribution in [0.25, 0.3) is 11.1 Å². The Kier molecular flexibility index (Phi) is 3.53. The predicted octanol–water partition coefficient (Wildman–Crippen LogP) is 2.76. The summed E-state index contributed by atoms with van der Waals surface area (Å²) in [5.41, 5.74) is 2.21. The van der Waals surface area contributed by atoms with Crippen molar-refractivity contribution in [3.05, 3.63) is 36.2 Å². The zero-order chi connectivity index (χ0) is 15.8. The smallest absolute Gasteiger partial charge is 0.319 e. The molecule has 4 rings (SSSR count). The fourth-order valence-corrected chi connectivity index (χ4v) is 2.88. The van der Waals surface area contributed by atoms with E-state index in [-0.39, 0.29) is 24.6 Å². The average molecular weight is 313 g/mol. The highest BCUT2D eigenvalue weighted by Gasteiger charge is 2.29. The lowest BCUT2D eigenvalue weighted by molar-refractivity contribution is 0.238. The number of anilines is 1. The van der Waals surface area contributed by atoms with Crippen molar-refractivity contribution < 1.29 is 14.3 Å². The van der Waals surface area contributed by atoms with Crippen molar-refractivity contribution in [3.8, 4) is 0 Å². The molecule has 1 aromatic heterocycles. The van der Waals surface area contributed by atoms with Gasteiger partial charge in [-0.3, -0.25) is 0 Å². The van der Waals surface area contributed by atoms with Gasteiger partial charge >= 0.3 is 6.03 Å². The number of rotatable bonds is 4. The Hall–Kier alpha value is -2.34. The van der Waals surface area contributed by atoms with Gasteiger partial charge in [0, 0.05) is 30.2 Å². The molecule has 120 valence electrons. The van der Waals surface area contributed by atoms with Gasteiger partial charge in [-0.2, -0.15) is 0 Å². The molecule has 2 aliphatic rings. The molecule has 0 spiro atoms. The van der Waals surface area contributed by atoms with Crippen LogP contribution in [0, 0.1) is 5.92 Å². The summed E-state index contributed by atoms with van der Waals surface area (Å²) in [4.78, 5) is 16.6. The largest absolute Gasteiger partial charge is 0.440 e. The summed E-state index contributed by atoms with van der Waals surface area (Å²) >= 11 is 0. The lowest BCUT2D eigenvalue weighted by atomic mass is 10.1. The summed E-state index contributed by atoms with van der Waals surface area (Å²) in [5.74, 6) is 1.40. The summed E-state index contributed by atoms with van der Waals surface area (Å²) in [5, 5.41) is 14.8. The normalized spacial score (nSPS) is 23.3. The molecule has 0 aliphatic heterocycles. The van der Waals surface area contributed by atoms with E-state index in [9.17, 15) is 4.79 Å². The number of carbonyl (C=O) groups excluding carboxylic acids is 1. The number of amides is 2. The van der Waals surface area contributed by atoms with Gasteiger partial charge in [-0.05, 0) is 37.5 Å². The van der Waals surface area contributed by atoms with Crippen LogP contribution in [0.2, 0.25) is 0 Å². The van der Waals surface area contributed by atoms with Gasteiger partial charge in [0.1, 0.15) is 5.52 Å². The molecular weight excluding hydrogens is 294 g/mol. The molecule has 0 radical (unpaired) electrons. The van der Waals surface area contributed by atoms with Crippen LogP contribution in [0.3, 0.4) is 0 Å². The fourth-order valence-electron chi connectivity index (χ4n) is 2.88. The number of hydrogen-bond acceptors (Lipinski definition) is 4. The summed E-state index contributed by atoms with van der Waals surface area (Å²) in [6.07, 6.45) is 6.88. The van der Waals surface area contributed by atoms with E-state index >= 15 is 0 Å². The van der Waals surface area contributed by atoms with Gasteiger partial charge in [-0.25, -0.2) is 9.78 Å². The summed E-state index contributed by atoms with van der Waals surface area (Å²) < 4.78 is 5.71. The molecule has 2 amide bonds. The highest BCUT2D eigenvalue weighted by atomic mass is 16.3. The maximum absolute atomic E-state index is 12.1. The molecule has 0 bridgehead atoms. The number of benzene rings is 1. The first kappa shape index (κ1) is 14.3. The SMILES string of the molecule is O=C(Nc1ccc2oc(C3CC3)nc2c1)N[C@@H]1C=C[C@H](CO)C1. The molecule has 3 N–H and O–H groups in total. The monoisotopic (exact) mass is 313 g/mol. The summed E-state index contributed by atoms with van der Waals surface area (Å²) in [6.45, 7) is 0.114. The van der Waals surface area contributed by atoms with E-state index in [0.717, 1.165) is 36.3 Å². The zero-order valence-electron chi connectivity index (χ0n) is 12.7. The van der Waals surface area contributed by atoms with Crippen molar-refractivity contribution in [2.45, 2.75) is 31.2 Å². The standard InChI is InChI=1S/C17H19N3O3/c21-9-10-1-4-12(7-10)18-17(22)19-13-5-6-15-14(8-13)20-16(23-15)11-2-3-11/h1,4-6,8,10-12,21H,2-3,7,9H2,(H2,18,19,22)/t10-,12+/m0/s1. The Balaban J connectivity index is 1.40. The van der Waals surface area contributed by atoms with Crippen molar-refractivity contribution in [1.29, 1.82) is 0 Å². The number of aromatic nitrogens is 1.